The quantitative estimate of drug-likeness (QED) is 0.809. The van der Waals surface area contributed by atoms with Crippen LogP contribution in [0.15, 0.2) is 47.4 Å². The van der Waals surface area contributed by atoms with E-state index in [-0.39, 0.29) is 23.9 Å². The molecule has 1 saturated heterocycles. The molecule has 1 N–H and O–H groups in total. The predicted octanol–water partition coefficient (Wildman–Crippen LogP) is 2.78. The minimum atomic E-state index is -3.89. The Kier molecular flexibility index (Phi) is 6.36. The second-order valence-electron chi connectivity index (χ2n) is 7.30. The SMILES string of the molecule is Cc1cccc(C)c1NC(=O)[C@@H](C)N1CCN(S(=O)(=O)c2ccccc2F)CC1. The van der Waals surface area contributed by atoms with E-state index in [0.29, 0.717) is 13.1 Å². The molecule has 8 heteroatoms. The first-order valence-corrected chi connectivity index (χ1v) is 11.0. The molecule has 1 heterocycles. The van der Waals surface area contributed by atoms with Crippen LogP contribution in [0.5, 0.6) is 0 Å². The molecule has 2 aromatic carbocycles. The molecule has 0 bridgehead atoms. The van der Waals surface area contributed by atoms with Gasteiger partial charge in [-0.1, -0.05) is 30.3 Å². The van der Waals surface area contributed by atoms with Crippen molar-refractivity contribution in [2.75, 3.05) is 31.5 Å². The number of benzene rings is 2. The van der Waals surface area contributed by atoms with E-state index in [1.807, 2.05) is 43.9 Å². The molecule has 3 rings (SSSR count). The van der Waals surface area contributed by atoms with Gasteiger partial charge in [-0.05, 0) is 44.0 Å². The van der Waals surface area contributed by atoms with Crippen LogP contribution < -0.4 is 5.32 Å². The molecule has 1 aliphatic heterocycles. The lowest BCUT2D eigenvalue weighted by atomic mass is 10.1. The van der Waals surface area contributed by atoms with Gasteiger partial charge in [0.15, 0.2) is 0 Å². The van der Waals surface area contributed by atoms with Gasteiger partial charge >= 0.3 is 0 Å². The third-order valence-corrected chi connectivity index (χ3v) is 7.32. The second kappa shape index (κ2) is 8.61. The molecule has 1 atom stereocenters. The highest BCUT2D eigenvalue weighted by Gasteiger charge is 2.33. The second-order valence-corrected chi connectivity index (χ2v) is 9.21. The number of hydrogen-bond acceptors (Lipinski definition) is 4. The molecule has 6 nitrogen and oxygen atoms in total. The fourth-order valence-electron chi connectivity index (χ4n) is 3.53. The number of halogens is 1. The highest BCUT2D eigenvalue weighted by atomic mass is 32.2. The van der Waals surface area contributed by atoms with Gasteiger partial charge in [-0.25, -0.2) is 12.8 Å². The summed E-state index contributed by atoms with van der Waals surface area (Å²) >= 11 is 0. The van der Waals surface area contributed by atoms with E-state index >= 15 is 0 Å². The van der Waals surface area contributed by atoms with Crippen LogP contribution in [0.1, 0.15) is 18.1 Å². The van der Waals surface area contributed by atoms with Gasteiger partial charge < -0.3 is 5.32 Å². The van der Waals surface area contributed by atoms with Crippen LogP contribution in [0, 0.1) is 19.7 Å². The molecule has 0 aromatic heterocycles. The van der Waals surface area contributed by atoms with Gasteiger partial charge in [0.1, 0.15) is 10.7 Å². The van der Waals surface area contributed by atoms with Gasteiger partial charge in [0.2, 0.25) is 15.9 Å². The zero-order chi connectivity index (χ0) is 21.2. The molecule has 1 fully saturated rings. The fraction of sp³-hybridized carbons (Fsp3) is 0.381. The van der Waals surface area contributed by atoms with Crippen molar-refractivity contribution in [1.82, 2.24) is 9.21 Å². The normalized spacial score (nSPS) is 17.1. The van der Waals surface area contributed by atoms with Crippen LogP contribution in [0.3, 0.4) is 0 Å². The summed E-state index contributed by atoms with van der Waals surface area (Å²) in [6.07, 6.45) is 0. The zero-order valence-corrected chi connectivity index (χ0v) is 17.7. The highest BCUT2D eigenvalue weighted by Crippen LogP contribution is 2.22. The molecule has 0 spiro atoms. The molecule has 0 unspecified atom stereocenters. The maximum Gasteiger partial charge on any atom is 0.246 e. The van der Waals surface area contributed by atoms with Crippen molar-refractivity contribution in [3.05, 3.63) is 59.4 Å². The first-order chi connectivity index (χ1) is 13.7. The standard InChI is InChI=1S/C21H26FN3O3S/c1-15-7-6-8-16(2)20(15)23-21(26)17(3)24-11-13-25(14-12-24)29(27,28)19-10-5-4-9-18(19)22/h4-10,17H,11-14H2,1-3H3,(H,23,26)/t17-/m1/s1. The lowest BCUT2D eigenvalue weighted by molar-refractivity contribution is -0.121. The van der Waals surface area contributed by atoms with Crippen molar-refractivity contribution in [2.45, 2.75) is 31.7 Å². The number of carbonyl (C=O) groups excluding carboxylic acids is 1. The van der Waals surface area contributed by atoms with E-state index in [0.717, 1.165) is 22.9 Å². The number of aryl methyl sites for hydroxylation is 2. The molecular weight excluding hydrogens is 393 g/mol. The van der Waals surface area contributed by atoms with Crippen LogP contribution >= 0.6 is 0 Å². The Bertz CT molecular complexity index is 982. The smallest absolute Gasteiger partial charge is 0.246 e. The molecule has 29 heavy (non-hydrogen) atoms. The van der Waals surface area contributed by atoms with Crippen LogP contribution in [0.4, 0.5) is 10.1 Å². The van der Waals surface area contributed by atoms with E-state index in [1.165, 1.54) is 22.5 Å². The number of nitrogens with one attached hydrogen (secondary N) is 1. The molecule has 1 amide bonds. The van der Waals surface area contributed by atoms with Crippen LogP contribution in [0.25, 0.3) is 0 Å². The third-order valence-electron chi connectivity index (χ3n) is 5.38. The average molecular weight is 420 g/mol. The summed E-state index contributed by atoms with van der Waals surface area (Å²) in [5.41, 5.74) is 2.79. The number of carbonyl (C=O) groups is 1. The molecular formula is C21H26FN3O3S. The fourth-order valence-corrected chi connectivity index (χ4v) is 5.02. The molecule has 2 aromatic rings. The van der Waals surface area contributed by atoms with Crippen molar-refractivity contribution < 1.29 is 17.6 Å². The zero-order valence-electron chi connectivity index (χ0n) is 16.9. The molecule has 156 valence electrons. The number of piperazine rings is 1. The first kappa shape index (κ1) is 21.4. The summed E-state index contributed by atoms with van der Waals surface area (Å²) < 4.78 is 40.7. The predicted molar refractivity (Wildman–Crippen MR) is 111 cm³/mol. The Morgan fingerprint density at radius 2 is 1.59 bits per heavy atom. The Labute approximate surface area is 171 Å². The Hall–Kier alpha value is -2.29. The van der Waals surface area contributed by atoms with Gasteiger partial charge in [-0.3, -0.25) is 9.69 Å². The molecule has 0 saturated carbocycles. The van der Waals surface area contributed by atoms with Crippen molar-refractivity contribution >= 4 is 21.6 Å². The van der Waals surface area contributed by atoms with E-state index in [2.05, 4.69) is 5.32 Å². The van der Waals surface area contributed by atoms with Gasteiger partial charge in [0, 0.05) is 31.9 Å². The lowest BCUT2D eigenvalue weighted by Crippen LogP contribution is -2.54. The average Bonchev–Trinajstić information content (AvgIpc) is 2.70. The number of anilines is 1. The van der Waals surface area contributed by atoms with Gasteiger partial charge in [-0.2, -0.15) is 4.31 Å². The number of rotatable bonds is 5. The maximum absolute atomic E-state index is 14.0. The topological polar surface area (TPSA) is 69.7 Å². The summed E-state index contributed by atoms with van der Waals surface area (Å²) in [5, 5.41) is 2.99. The first-order valence-electron chi connectivity index (χ1n) is 9.57. The van der Waals surface area contributed by atoms with Crippen molar-refractivity contribution in [1.29, 1.82) is 0 Å². The van der Waals surface area contributed by atoms with Gasteiger partial charge in [-0.15, -0.1) is 0 Å². The van der Waals surface area contributed by atoms with Crippen LogP contribution in [-0.4, -0.2) is 55.8 Å². The molecule has 1 aliphatic rings. The van der Waals surface area contributed by atoms with E-state index in [9.17, 15) is 17.6 Å². The number of hydrogen-bond donors (Lipinski definition) is 1. The van der Waals surface area contributed by atoms with Crippen molar-refractivity contribution in [2.24, 2.45) is 0 Å². The summed E-state index contributed by atoms with van der Waals surface area (Å²) in [7, 11) is -3.89. The maximum atomic E-state index is 14.0. The Morgan fingerprint density at radius 3 is 2.17 bits per heavy atom. The van der Waals surface area contributed by atoms with Crippen molar-refractivity contribution in [3.8, 4) is 0 Å². The summed E-state index contributed by atoms with van der Waals surface area (Å²) in [5.74, 6) is -0.885. The minimum absolute atomic E-state index is 0.132. The van der Waals surface area contributed by atoms with Crippen LogP contribution in [-0.2, 0) is 14.8 Å². The van der Waals surface area contributed by atoms with E-state index in [1.54, 1.807) is 0 Å². The van der Waals surface area contributed by atoms with Crippen LogP contribution in [0.2, 0.25) is 0 Å². The third kappa shape index (κ3) is 4.49. The Balaban J connectivity index is 1.64. The lowest BCUT2D eigenvalue weighted by Gasteiger charge is -2.36. The summed E-state index contributed by atoms with van der Waals surface area (Å²) in [6.45, 7) is 6.91. The number of sulfonamides is 1. The monoisotopic (exact) mass is 419 g/mol. The van der Waals surface area contributed by atoms with E-state index in [4.69, 9.17) is 0 Å². The molecule has 0 radical (unpaired) electrons. The van der Waals surface area contributed by atoms with Gasteiger partial charge in [0.25, 0.3) is 0 Å². The summed E-state index contributed by atoms with van der Waals surface area (Å²) in [4.78, 5) is 14.4. The number of nitrogens with zero attached hydrogens (tertiary/aromatic N) is 2. The molecule has 0 aliphatic carbocycles. The van der Waals surface area contributed by atoms with Gasteiger partial charge in [0.05, 0.1) is 6.04 Å². The van der Waals surface area contributed by atoms with Crippen molar-refractivity contribution in [3.63, 3.8) is 0 Å². The van der Waals surface area contributed by atoms with E-state index < -0.39 is 21.9 Å². The largest absolute Gasteiger partial charge is 0.324 e. The summed E-state index contributed by atoms with van der Waals surface area (Å²) in [6, 6.07) is 10.8. The Morgan fingerprint density at radius 1 is 1.00 bits per heavy atom. The minimum Gasteiger partial charge on any atom is -0.324 e. The number of amides is 1. The highest BCUT2D eigenvalue weighted by molar-refractivity contribution is 7.89. The number of para-hydroxylation sites is 1.